The van der Waals surface area contributed by atoms with E-state index < -0.39 is 19.9 Å². The molecule has 0 aromatic rings. The van der Waals surface area contributed by atoms with Gasteiger partial charge in [0.2, 0.25) is 0 Å². The molecule has 0 spiro atoms. The molecule has 0 bridgehead atoms. The van der Waals surface area contributed by atoms with E-state index in [1.807, 2.05) is 6.92 Å². The van der Waals surface area contributed by atoms with Crippen molar-refractivity contribution in [1.82, 2.24) is 0 Å². The molecule has 0 aromatic heterocycles. The van der Waals surface area contributed by atoms with Gasteiger partial charge in [-0.2, -0.15) is 0 Å². The molecule has 0 aliphatic heterocycles. The Balaban J connectivity index is 2.84. The summed E-state index contributed by atoms with van der Waals surface area (Å²) in [4.78, 5) is 11.9. The van der Waals surface area contributed by atoms with Crippen LogP contribution in [0.5, 0.6) is 0 Å². The molecule has 0 amide bonds. The SMILES string of the molecule is C=C1[C@H](C)C[C@](O)(C(=O)OC)C[C@H]1O[Si](C)(C)CCCC. The van der Waals surface area contributed by atoms with Crippen molar-refractivity contribution in [2.45, 2.75) is 70.4 Å². The fourth-order valence-electron chi connectivity index (χ4n) is 3.00. The van der Waals surface area contributed by atoms with Crippen molar-refractivity contribution < 1.29 is 19.1 Å². The average molecular weight is 314 g/mol. The lowest BCUT2D eigenvalue weighted by Gasteiger charge is -2.42. The van der Waals surface area contributed by atoms with Gasteiger partial charge in [-0.05, 0) is 37.0 Å². The topological polar surface area (TPSA) is 55.8 Å². The van der Waals surface area contributed by atoms with Crippen LogP contribution in [0.2, 0.25) is 19.1 Å². The number of rotatable bonds is 6. The molecule has 1 N–H and O–H groups in total. The predicted octanol–water partition coefficient (Wildman–Crippen LogP) is 3.27. The Bertz CT molecular complexity index is 394. The first-order chi connectivity index (χ1) is 9.65. The Morgan fingerprint density at radius 3 is 2.62 bits per heavy atom. The molecule has 5 heteroatoms. The standard InChI is InChI=1S/C16H30O4Si/c1-7-8-9-21(5,6)20-14-11-16(18,15(17)19-4)10-12(2)13(14)3/h12,14,18H,3,7-11H2,1-2,4-6H3/t12-,14-,16-/m1/s1. The van der Waals surface area contributed by atoms with Gasteiger partial charge in [0.1, 0.15) is 0 Å². The molecule has 0 heterocycles. The quantitative estimate of drug-likeness (QED) is 0.464. The maximum Gasteiger partial charge on any atom is 0.337 e. The number of hydrogen-bond donors (Lipinski definition) is 1. The second-order valence-electron chi connectivity index (χ2n) is 6.88. The van der Waals surface area contributed by atoms with Gasteiger partial charge in [0.15, 0.2) is 13.9 Å². The van der Waals surface area contributed by atoms with E-state index in [0.29, 0.717) is 6.42 Å². The van der Waals surface area contributed by atoms with Gasteiger partial charge >= 0.3 is 5.97 Å². The zero-order chi connectivity index (χ0) is 16.3. The summed E-state index contributed by atoms with van der Waals surface area (Å²) >= 11 is 0. The Morgan fingerprint density at radius 2 is 2.10 bits per heavy atom. The Kier molecular flexibility index (Phi) is 6.19. The van der Waals surface area contributed by atoms with E-state index >= 15 is 0 Å². The van der Waals surface area contributed by atoms with Gasteiger partial charge in [0.05, 0.1) is 13.2 Å². The largest absolute Gasteiger partial charge is 0.467 e. The average Bonchev–Trinajstić information content (AvgIpc) is 2.41. The van der Waals surface area contributed by atoms with E-state index in [9.17, 15) is 9.90 Å². The summed E-state index contributed by atoms with van der Waals surface area (Å²) in [5.74, 6) is -0.521. The minimum absolute atomic E-state index is 0.0452. The maximum atomic E-state index is 11.9. The summed E-state index contributed by atoms with van der Waals surface area (Å²) in [7, 11) is -0.505. The lowest BCUT2D eigenvalue weighted by molar-refractivity contribution is -0.169. The van der Waals surface area contributed by atoms with Gasteiger partial charge in [-0.15, -0.1) is 0 Å². The summed E-state index contributed by atoms with van der Waals surface area (Å²) < 4.78 is 11.1. The summed E-state index contributed by atoms with van der Waals surface area (Å²) in [5.41, 5.74) is -0.462. The van der Waals surface area contributed by atoms with Gasteiger partial charge in [-0.3, -0.25) is 0 Å². The number of carbonyl (C=O) groups excluding carboxylic acids is 1. The first kappa shape index (κ1) is 18.4. The molecule has 4 nitrogen and oxygen atoms in total. The smallest absolute Gasteiger partial charge is 0.337 e. The van der Waals surface area contributed by atoms with Crippen LogP contribution in [0, 0.1) is 5.92 Å². The number of unbranched alkanes of at least 4 members (excludes halogenated alkanes) is 1. The van der Waals surface area contributed by atoms with Gasteiger partial charge in [0, 0.05) is 6.42 Å². The summed E-state index contributed by atoms with van der Waals surface area (Å²) in [6.45, 7) is 12.6. The first-order valence-electron chi connectivity index (χ1n) is 7.82. The van der Waals surface area contributed by atoms with Crippen molar-refractivity contribution in [1.29, 1.82) is 0 Å². The zero-order valence-corrected chi connectivity index (χ0v) is 15.1. The van der Waals surface area contributed by atoms with Crippen molar-refractivity contribution in [3.63, 3.8) is 0 Å². The molecule has 0 aromatic carbocycles. The van der Waals surface area contributed by atoms with Crippen LogP contribution in [-0.2, 0) is 14.0 Å². The van der Waals surface area contributed by atoms with Crippen LogP contribution >= 0.6 is 0 Å². The van der Waals surface area contributed by atoms with Gasteiger partial charge in [0.25, 0.3) is 0 Å². The lowest BCUT2D eigenvalue weighted by Crippen LogP contribution is -2.51. The number of esters is 1. The molecule has 1 rings (SSSR count). The number of hydrogen-bond acceptors (Lipinski definition) is 4. The molecule has 0 radical (unpaired) electrons. The minimum Gasteiger partial charge on any atom is -0.467 e. The Morgan fingerprint density at radius 1 is 1.48 bits per heavy atom. The highest BCUT2D eigenvalue weighted by Crippen LogP contribution is 2.39. The van der Waals surface area contributed by atoms with Crippen molar-refractivity contribution in [2.24, 2.45) is 5.92 Å². The van der Waals surface area contributed by atoms with Crippen LogP contribution in [0.1, 0.15) is 39.5 Å². The number of carbonyl (C=O) groups is 1. The van der Waals surface area contributed by atoms with Crippen LogP contribution in [0.25, 0.3) is 0 Å². The number of methoxy groups -OCH3 is 1. The van der Waals surface area contributed by atoms with E-state index in [4.69, 9.17) is 9.16 Å². The highest BCUT2D eigenvalue weighted by atomic mass is 28.4. The van der Waals surface area contributed by atoms with E-state index in [2.05, 4.69) is 26.6 Å². The maximum absolute atomic E-state index is 11.9. The van der Waals surface area contributed by atoms with E-state index in [0.717, 1.165) is 24.5 Å². The molecule has 0 saturated heterocycles. The second-order valence-corrected chi connectivity index (χ2v) is 11.1. The molecule has 1 aliphatic rings. The molecule has 122 valence electrons. The molecule has 1 aliphatic carbocycles. The van der Waals surface area contributed by atoms with E-state index in [-0.39, 0.29) is 18.4 Å². The van der Waals surface area contributed by atoms with Gasteiger partial charge in [-0.25, -0.2) is 4.79 Å². The lowest BCUT2D eigenvalue weighted by atomic mass is 9.75. The zero-order valence-electron chi connectivity index (χ0n) is 14.1. The van der Waals surface area contributed by atoms with E-state index in [1.54, 1.807) is 0 Å². The fraction of sp³-hybridized carbons (Fsp3) is 0.812. The second kappa shape index (κ2) is 7.07. The van der Waals surface area contributed by atoms with Crippen LogP contribution in [0.4, 0.5) is 0 Å². The van der Waals surface area contributed by atoms with Crippen molar-refractivity contribution in [3.8, 4) is 0 Å². The van der Waals surface area contributed by atoms with Crippen LogP contribution in [0.15, 0.2) is 12.2 Å². The third-order valence-electron chi connectivity index (χ3n) is 4.37. The molecule has 3 atom stereocenters. The Hall–Kier alpha value is -0.653. The summed E-state index contributed by atoms with van der Waals surface area (Å²) in [5, 5.41) is 10.6. The third-order valence-corrected chi connectivity index (χ3v) is 6.85. The van der Waals surface area contributed by atoms with Gasteiger partial charge < -0.3 is 14.3 Å². The Labute approximate surface area is 129 Å². The van der Waals surface area contributed by atoms with Crippen LogP contribution < -0.4 is 0 Å². The highest BCUT2D eigenvalue weighted by Gasteiger charge is 2.47. The van der Waals surface area contributed by atoms with Gasteiger partial charge in [-0.1, -0.05) is 33.3 Å². The molecule has 1 fully saturated rings. The summed E-state index contributed by atoms with van der Waals surface area (Å²) in [6.07, 6.45) is 2.65. The van der Waals surface area contributed by atoms with E-state index in [1.165, 1.54) is 7.11 Å². The fourth-order valence-corrected chi connectivity index (χ4v) is 5.32. The third kappa shape index (κ3) is 4.66. The van der Waals surface area contributed by atoms with Crippen molar-refractivity contribution in [2.75, 3.05) is 7.11 Å². The molecule has 0 unspecified atom stereocenters. The predicted molar refractivity (Wildman–Crippen MR) is 86.6 cm³/mol. The number of ether oxygens (including phenoxy) is 1. The van der Waals surface area contributed by atoms with Crippen LogP contribution in [-0.4, -0.2) is 38.2 Å². The molecular weight excluding hydrogens is 284 g/mol. The normalized spacial score (nSPS) is 30.3. The highest BCUT2D eigenvalue weighted by molar-refractivity contribution is 6.71. The van der Waals surface area contributed by atoms with Crippen molar-refractivity contribution in [3.05, 3.63) is 12.2 Å². The monoisotopic (exact) mass is 314 g/mol. The van der Waals surface area contributed by atoms with Crippen molar-refractivity contribution >= 4 is 14.3 Å². The summed E-state index contributed by atoms with van der Waals surface area (Å²) in [6, 6.07) is 1.08. The van der Waals surface area contributed by atoms with Crippen LogP contribution in [0.3, 0.4) is 0 Å². The molecular formula is C16H30O4Si. The number of aliphatic hydroxyl groups is 1. The molecule has 1 saturated carbocycles. The first-order valence-corrected chi connectivity index (χ1v) is 10.9. The molecule has 21 heavy (non-hydrogen) atoms. The minimum atomic E-state index is -1.81.